The number of nitrogens with two attached hydrogens (primary N) is 1. The molecule has 2 unspecified atom stereocenters. The van der Waals surface area contributed by atoms with Crippen LogP contribution in [0, 0.1) is 11.3 Å². The third-order valence-electron chi connectivity index (χ3n) is 3.68. The highest BCUT2D eigenvalue weighted by Crippen LogP contribution is 2.33. The van der Waals surface area contributed by atoms with E-state index in [4.69, 9.17) is 20.5 Å². The Labute approximate surface area is 131 Å². The molecule has 0 aliphatic carbocycles. The van der Waals surface area contributed by atoms with E-state index in [0.717, 1.165) is 0 Å². The minimum atomic E-state index is -1.04. The molecule has 23 heavy (non-hydrogen) atoms. The molecule has 10 heteroatoms. The summed E-state index contributed by atoms with van der Waals surface area (Å²) in [5.74, 6) is 0.230. The van der Waals surface area contributed by atoms with E-state index in [0.29, 0.717) is 11.2 Å². The summed E-state index contributed by atoms with van der Waals surface area (Å²) in [4.78, 5) is 12.1. The molecular weight excluding hydrogens is 304 g/mol. The summed E-state index contributed by atoms with van der Waals surface area (Å²) < 4.78 is 12.8. The monoisotopic (exact) mass is 320 g/mol. The standard InChI is InChI=1S/C13H16N6O4/c14-2-1-3-22-10-9(21)7(4-20)23-13(10)19-6-18-8-11(15)16-5-17-12(8)19/h5-7,9-10,13,20-21H,1,3-4H2,(H2,15,16,17)/t7-,9?,10?,13-/m1/s1. The minimum Gasteiger partial charge on any atom is -0.394 e. The molecular formula is C13H16N6O4. The number of aliphatic hydroxyl groups excluding tert-OH is 2. The van der Waals surface area contributed by atoms with Crippen molar-refractivity contribution in [2.45, 2.75) is 31.0 Å². The zero-order valence-corrected chi connectivity index (χ0v) is 12.1. The van der Waals surface area contributed by atoms with E-state index in [2.05, 4.69) is 15.0 Å². The van der Waals surface area contributed by atoms with Crippen molar-refractivity contribution in [3.63, 3.8) is 0 Å². The summed E-state index contributed by atoms with van der Waals surface area (Å²) in [6.45, 7) is -0.223. The van der Waals surface area contributed by atoms with Crippen LogP contribution in [0.5, 0.6) is 0 Å². The summed E-state index contributed by atoms with van der Waals surface area (Å²) in [5.41, 5.74) is 6.60. The molecule has 1 fully saturated rings. The van der Waals surface area contributed by atoms with Gasteiger partial charge in [0.15, 0.2) is 17.7 Å². The van der Waals surface area contributed by atoms with Crippen molar-refractivity contribution in [3.05, 3.63) is 12.7 Å². The first-order valence-electron chi connectivity index (χ1n) is 7.03. The third-order valence-corrected chi connectivity index (χ3v) is 3.68. The van der Waals surface area contributed by atoms with Gasteiger partial charge in [0.2, 0.25) is 0 Å². The van der Waals surface area contributed by atoms with Gasteiger partial charge < -0.3 is 25.4 Å². The number of aliphatic hydroxyl groups is 2. The quantitative estimate of drug-likeness (QED) is 0.586. The van der Waals surface area contributed by atoms with Crippen LogP contribution in [0.2, 0.25) is 0 Å². The van der Waals surface area contributed by atoms with Gasteiger partial charge in [0.05, 0.1) is 32.0 Å². The molecule has 0 bridgehead atoms. The van der Waals surface area contributed by atoms with Crippen LogP contribution >= 0.6 is 0 Å². The van der Waals surface area contributed by atoms with Gasteiger partial charge in [-0.2, -0.15) is 5.26 Å². The smallest absolute Gasteiger partial charge is 0.167 e. The first-order chi connectivity index (χ1) is 11.2. The van der Waals surface area contributed by atoms with Gasteiger partial charge in [-0.3, -0.25) is 4.57 Å². The Kier molecular flexibility index (Phi) is 4.35. The fourth-order valence-electron chi connectivity index (χ4n) is 2.57. The molecule has 4 atom stereocenters. The highest BCUT2D eigenvalue weighted by atomic mass is 16.6. The van der Waals surface area contributed by atoms with Gasteiger partial charge in [0.25, 0.3) is 0 Å². The fraction of sp³-hybridized carbons (Fsp3) is 0.538. The highest BCUT2D eigenvalue weighted by molar-refractivity contribution is 5.81. The van der Waals surface area contributed by atoms with Gasteiger partial charge in [-0.25, -0.2) is 15.0 Å². The van der Waals surface area contributed by atoms with Crippen LogP contribution in [-0.4, -0.2) is 61.3 Å². The highest BCUT2D eigenvalue weighted by Gasteiger charge is 2.45. The van der Waals surface area contributed by atoms with Crippen LogP contribution in [0.15, 0.2) is 12.7 Å². The molecule has 2 aromatic rings. The summed E-state index contributed by atoms with van der Waals surface area (Å²) in [5, 5.41) is 28.2. The molecule has 1 aliphatic heterocycles. The SMILES string of the molecule is N#CCCOC1C(O)[C@@H](CO)O[C@H]1n1cnc2c(N)ncnc21. The molecule has 0 aromatic carbocycles. The molecule has 0 spiro atoms. The second-order valence-corrected chi connectivity index (χ2v) is 5.06. The lowest BCUT2D eigenvalue weighted by Crippen LogP contribution is -2.35. The van der Waals surface area contributed by atoms with Crippen molar-refractivity contribution in [2.75, 3.05) is 18.9 Å². The fourth-order valence-corrected chi connectivity index (χ4v) is 2.57. The number of nitrogens with zero attached hydrogens (tertiary/aromatic N) is 5. The first-order valence-corrected chi connectivity index (χ1v) is 7.03. The maximum Gasteiger partial charge on any atom is 0.167 e. The van der Waals surface area contributed by atoms with Crippen molar-refractivity contribution in [1.29, 1.82) is 5.26 Å². The van der Waals surface area contributed by atoms with E-state index < -0.39 is 24.5 Å². The van der Waals surface area contributed by atoms with E-state index in [1.807, 2.05) is 6.07 Å². The molecule has 10 nitrogen and oxygen atoms in total. The number of rotatable bonds is 5. The molecule has 4 N–H and O–H groups in total. The van der Waals surface area contributed by atoms with Crippen LogP contribution in [0.4, 0.5) is 5.82 Å². The maximum atomic E-state index is 10.3. The number of imidazole rings is 1. The zero-order valence-electron chi connectivity index (χ0n) is 12.1. The normalized spacial score (nSPS) is 27.3. The van der Waals surface area contributed by atoms with Crippen LogP contribution in [0.25, 0.3) is 11.2 Å². The molecule has 0 radical (unpaired) electrons. The van der Waals surface area contributed by atoms with Crippen molar-refractivity contribution in [2.24, 2.45) is 0 Å². The Hall–Kier alpha value is -2.32. The number of nitrogen functional groups attached to an aromatic ring is 1. The summed E-state index contributed by atoms with van der Waals surface area (Å²) in [6.07, 6.45) is -0.415. The Morgan fingerprint density at radius 3 is 3.00 bits per heavy atom. The Balaban J connectivity index is 1.94. The molecule has 122 valence electrons. The van der Waals surface area contributed by atoms with Gasteiger partial charge >= 0.3 is 0 Å². The molecule has 0 amide bonds. The predicted octanol–water partition coefficient (Wildman–Crippen LogP) is -1.04. The average Bonchev–Trinajstić information content (AvgIpc) is 3.10. The number of hydrogen-bond donors (Lipinski definition) is 3. The first kappa shape index (κ1) is 15.6. The topological polar surface area (TPSA) is 152 Å². The van der Waals surface area contributed by atoms with Crippen molar-refractivity contribution < 1.29 is 19.7 Å². The largest absolute Gasteiger partial charge is 0.394 e. The number of hydrogen-bond acceptors (Lipinski definition) is 9. The molecule has 2 aromatic heterocycles. The van der Waals surface area contributed by atoms with E-state index in [9.17, 15) is 10.2 Å². The third kappa shape index (κ3) is 2.71. The van der Waals surface area contributed by atoms with E-state index >= 15 is 0 Å². The van der Waals surface area contributed by atoms with E-state index in [1.165, 1.54) is 12.7 Å². The van der Waals surface area contributed by atoms with Crippen LogP contribution in [0.1, 0.15) is 12.6 Å². The number of fused-ring (bicyclic) bond motifs is 1. The van der Waals surface area contributed by atoms with Crippen molar-refractivity contribution >= 4 is 17.0 Å². The zero-order chi connectivity index (χ0) is 16.4. The number of nitriles is 1. The molecule has 1 saturated heterocycles. The Morgan fingerprint density at radius 2 is 2.26 bits per heavy atom. The molecule has 0 saturated carbocycles. The Morgan fingerprint density at radius 1 is 1.43 bits per heavy atom. The molecule has 3 heterocycles. The second-order valence-electron chi connectivity index (χ2n) is 5.06. The molecule has 1 aliphatic rings. The van der Waals surface area contributed by atoms with E-state index in [-0.39, 0.29) is 25.5 Å². The maximum absolute atomic E-state index is 10.3. The lowest BCUT2D eigenvalue weighted by Gasteiger charge is -2.21. The number of aromatic nitrogens is 4. The van der Waals surface area contributed by atoms with Crippen LogP contribution in [-0.2, 0) is 9.47 Å². The predicted molar refractivity (Wildman–Crippen MR) is 76.7 cm³/mol. The number of anilines is 1. The lowest BCUT2D eigenvalue weighted by atomic mass is 10.1. The van der Waals surface area contributed by atoms with Gasteiger partial charge in [-0.1, -0.05) is 0 Å². The molecule has 3 rings (SSSR count). The van der Waals surface area contributed by atoms with Crippen molar-refractivity contribution in [3.8, 4) is 6.07 Å². The van der Waals surface area contributed by atoms with E-state index in [1.54, 1.807) is 4.57 Å². The minimum absolute atomic E-state index is 0.139. The van der Waals surface area contributed by atoms with Gasteiger partial charge in [0, 0.05) is 0 Å². The van der Waals surface area contributed by atoms with Crippen LogP contribution in [0.3, 0.4) is 0 Å². The summed E-state index contributed by atoms with van der Waals surface area (Å²) in [7, 11) is 0. The second kappa shape index (κ2) is 6.43. The average molecular weight is 320 g/mol. The Bertz CT molecular complexity index is 729. The van der Waals surface area contributed by atoms with Gasteiger partial charge in [0.1, 0.15) is 30.2 Å². The number of ether oxygens (including phenoxy) is 2. The van der Waals surface area contributed by atoms with Gasteiger partial charge in [-0.05, 0) is 0 Å². The summed E-state index contributed by atoms with van der Waals surface area (Å²) >= 11 is 0. The lowest BCUT2D eigenvalue weighted by molar-refractivity contribution is -0.0693. The van der Waals surface area contributed by atoms with Crippen LogP contribution < -0.4 is 5.73 Å². The van der Waals surface area contributed by atoms with Crippen molar-refractivity contribution in [1.82, 2.24) is 19.5 Å². The summed E-state index contributed by atoms with van der Waals surface area (Å²) in [6, 6.07) is 1.97. The van der Waals surface area contributed by atoms with Gasteiger partial charge in [-0.15, -0.1) is 0 Å².